The van der Waals surface area contributed by atoms with E-state index in [4.69, 9.17) is 9.47 Å². The summed E-state index contributed by atoms with van der Waals surface area (Å²) in [6.45, 7) is 1.71. The highest BCUT2D eigenvalue weighted by Crippen LogP contribution is 2.20. The summed E-state index contributed by atoms with van der Waals surface area (Å²) >= 11 is 0. The second-order valence-electron chi connectivity index (χ2n) is 4.97. The van der Waals surface area contributed by atoms with Crippen LogP contribution in [0.4, 0.5) is 0 Å². The number of phenolic OH excluding ortho intramolecular Hbond substituents is 1. The molecule has 1 aliphatic heterocycles. The first-order valence-corrected chi connectivity index (χ1v) is 6.86. The van der Waals surface area contributed by atoms with Crippen molar-refractivity contribution in [2.45, 2.75) is 25.5 Å². The molecule has 1 aromatic carbocycles. The maximum Gasteiger partial charge on any atom is 0.248 e. The average molecular weight is 279 g/mol. The summed E-state index contributed by atoms with van der Waals surface area (Å²) in [5, 5.41) is 9.83. The lowest BCUT2D eigenvalue weighted by Gasteiger charge is -2.25. The van der Waals surface area contributed by atoms with Crippen LogP contribution in [-0.4, -0.2) is 48.9 Å². The molecule has 1 saturated heterocycles. The molecule has 20 heavy (non-hydrogen) atoms. The molecule has 0 radical (unpaired) electrons. The van der Waals surface area contributed by atoms with Gasteiger partial charge in [-0.2, -0.15) is 0 Å². The second kappa shape index (κ2) is 7.26. The molecule has 0 spiro atoms. The van der Waals surface area contributed by atoms with Crippen molar-refractivity contribution in [2.75, 3.05) is 26.9 Å². The van der Waals surface area contributed by atoms with Crippen molar-refractivity contribution >= 4 is 5.91 Å². The normalized spacial score (nSPS) is 18.1. The lowest BCUT2D eigenvalue weighted by molar-refractivity contribution is -0.137. The zero-order chi connectivity index (χ0) is 14.4. The van der Waals surface area contributed by atoms with E-state index < -0.39 is 0 Å². The van der Waals surface area contributed by atoms with Gasteiger partial charge in [0.15, 0.2) is 0 Å². The minimum absolute atomic E-state index is 0.0420. The summed E-state index contributed by atoms with van der Waals surface area (Å²) in [6.07, 6.45) is 2.09. The number of nitrogens with zero attached hydrogens (tertiary/aromatic N) is 1. The Hall–Kier alpha value is -1.59. The zero-order valence-electron chi connectivity index (χ0n) is 11.7. The van der Waals surface area contributed by atoms with Gasteiger partial charge in [0.05, 0.1) is 6.10 Å². The first-order valence-electron chi connectivity index (χ1n) is 6.86. The number of ether oxygens (including phenoxy) is 2. The van der Waals surface area contributed by atoms with Crippen LogP contribution in [0.3, 0.4) is 0 Å². The first-order chi connectivity index (χ1) is 9.70. The SMILES string of the molecule is COCC(=O)N(Cc1ccccc1O)CC1CCCO1. The molecule has 1 atom stereocenters. The molecule has 110 valence electrons. The molecular weight excluding hydrogens is 258 g/mol. The van der Waals surface area contributed by atoms with Gasteiger partial charge in [-0.1, -0.05) is 18.2 Å². The molecular formula is C15H21NO4. The summed E-state index contributed by atoms with van der Waals surface area (Å²) in [7, 11) is 1.50. The predicted octanol–water partition coefficient (Wildman–Crippen LogP) is 1.55. The Morgan fingerprint density at radius 2 is 2.30 bits per heavy atom. The van der Waals surface area contributed by atoms with Crippen molar-refractivity contribution in [1.82, 2.24) is 4.90 Å². The van der Waals surface area contributed by atoms with E-state index in [1.54, 1.807) is 17.0 Å². The quantitative estimate of drug-likeness (QED) is 0.858. The number of amides is 1. The van der Waals surface area contributed by atoms with E-state index in [1.807, 2.05) is 12.1 Å². The number of para-hydroxylation sites is 1. The smallest absolute Gasteiger partial charge is 0.248 e. The molecule has 1 N–H and O–H groups in total. The molecule has 0 aliphatic carbocycles. The fraction of sp³-hybridized carbons (Fsp3) is 0.533. The molecule has 1 amide bonds. The fourth-order valence-electron chi connectivity index (χ4n) is 2.35. The molecule has 1 aromatic rings. The number of phenols is 1. The summed E-state index contributed by atoms with van der Waals surface area (Å²) in [5.74, 6) is 0.112. The van der Waals surface area contributed by atoms with Gasteiger partial charge < -0.3 is 19.5 Å². The van der Waals surface area contributed by atoms with Crippen LogP contribution in [0.5, 0.6) is 5.75 Å². The molecule has 1 heterocycles. The zero-order valence-corrected chi connectivity index (χ0v) is 11.7. The lowest BCUT2D eigenvalue weighted by atomic mass is 10.1. The number of aromatic hydroxyl groups is 1. The predicted molar refractivity (Wildman–Crippen MR) is 74.4 cm³/mol. The van der Waals surface area contributed by atoms with E-state index >= 15 is 0 Å². The summed E-state index contributed by atoms with van der Waals surface area (Å²) in [4.78, 5) is 13.8. The Balaban J connectivity index is 2.05. The van der Waals surface area contributed by atoms with Crippen molar-refractivity contribution in [3.05, 3.63) is 29.8 Å². The summed E-state index contributed by atoms with van der Waals surface area (Å²) < 4.78 is 10.5. The number of carbonyl (C=O) groups excluding carboxylic acids is 1. The average Bonchev–Trinajstić information content (AvgIpc) is 2.93. The van der Waals surface area contributed by atoms with Crippen LogP contribution < -0.4 is 0 Å². The molecule has 1 fully saturated rings. The van der Waals surface area contributed by atoms with E-state index in [9.17, 15) is 9.90 Å². The maximum absolute atomic E-state index is 12.1. The van der Waals surface area contributed by atoms with Crippen LogP contribution in [0.2, 0.25) is 0 Å². The Morgan fingerprint density at radius 1 is 1.50 bits per heavy atom. The number of hydrogen-bond donors (Lipinski definition) is 1. The van der Waals surface area contributed by atoms with Crippen LogP contribution in [-0.2, 0) is 20.8 Å². The number of carbonyl (C=O) groups is 1. The Labute approximate surface area is 119 Å². The minimum atomic E-state index is -0.0914. The minimum Gasteiger partial charge on any atom is -0.508 e. The maximum atomic E-state index is 12.1. The van der Waals surface area contributed by atoms with Crippen molar-refractivity contribution in [1.29, 1.82) is 0 Å². The molecule has 0 aromatic heterocycles. The third kappa shape index (κ3) is 3.95. The topological polar surface area (TPSA) is 59.0 Å². The molecule has 5 heteroatoms. The lowest BCUT2D eigenvalue weighted by Crippen LogP contribution is -2.38. The van der Waals surface area contributed by atoms with Gasteiger partial charge in [-0.05, 0) is 18.9 Å². The van der Waals surface area contributed by atoms with Gasteiger partial charge in [0.25, 0.3) is 0 Å². The Bertz CT molecular complexity index is 443. The van der Waals surface area contributed by atoms with Gasteiger partial charge >= 0.3 is 0 Å². The van der Waals surface area contributed by atoms with Gasteiger partial charge in [0.2, 0.25) is 5.91 Å². The molecule has 2 rings (SSSR count). The number of benzene rings is 1. The monoisotopic (exact) mass is 279 g/mol. The number of hydrogen-bond acceptors (Lipinski definition) is 4. The fourth-order valence-corrected chi connectivity index (χ4v) is 2.35. The largest absolute Gasteiger partial charge is 0.508 e. The Morgan fingerprint density at radius 3 is 2.95 bits per heavy atom. The molecule has 0 saturated carbocycles. The Kier molecular flexibility index (Phi) is 5.38. The third-order valence-corrected chi connectivity index (χ3v) is 3.42. The van der Waals surface area contributed by atoms with Crippen molar-refractivity contribution in [2.24, 2.45) is 0 Å². The number of methoxy groups -OCH3 is 1. The summed E-state index contributed by atoms with van der Waals surface area (Å²) in [5.41, 5.74) is 0.731. The van der Waals surface area contributed by atoms with E-state index in [0.717, 1.165) is 25.0 Å². The standard InChI is InChI=1S/C15H21NO4/c1-19-11-15(18)16(10-13-6-4-8-20-13)9-12-5-2-3-7-14(12)17/h2-3,5,7,13,17H,4,6,8-11H2,1H3. The van der Waals surface area contributed by atoms with Crippen LogP contribution in [0, 0.1) is 0 Å². The van der Waals surface area contributed by atoms with E-state index in [1.165, 1.54) is 7.11 Å². The van der Waals surface area contributed by atoms with Crippen LogP contribution in [0.15, 0.2) is 24.3 Å². The van der Waals surface area contributed by atoms with Gasteiger partial charge in [0.1, 0.15) is 12.4 Å². The summed E-state index contributed by atoms with van der Waals surface area (Å²) in [6, 6.07) is 7.05. The molecule has 0 bridgehead atoms. The van der Waals surface area contributed by atoms with Crippen LogP contribution in [0.1, 0.15) is 18.4 Å². The highest BCUT2D eigenvalue weighted by molar-refractivity contribution is 5.77. The van der Waals surface area contributed by atoms with Gasteiger partial charge in [-0.3, -0.25) is 4.79 Å². The molecule has 1 aliphatic rings. The molecule has 5 nitrogen and oxygen atoms in total. The first kappa shape index (κ1) is 14.8. The van der Waals surface area contributed by atoms with Crippen LogP contribution in [0.25, 0.3) is 0 Å². The van der Waals surface area contributed by atoms with Crippen molar-refractivity contribution < 1.29 is 19.4 Å². The van der Waals surface area contributed by atoms with E-state index in [-0.39, 0.29) is 24.4 Å². The van der Waals surface area contributed by atoms with Crippen LogP contribution >= 0.6 is 0 Å². The molecule has 1 unspecified atom stereocenters. The second-order valence-corrected chi connectivity index (χ2v) is 4.97. The highest BCUT2D eigenvalue weighted by Gasteiger charge is 2.23. The third-order valence-electron chi connectivity index (χ3n) is 3.42. The number of rotatable bonds is 6. The van der Waals surface area contributed by atoms with Gasteiger partial charge in [-0.25, -0.2) is 0 Å². The highest BCUT2D eigenvalue weighted by atomic mass is 16.5. The van der Waals surface area contributed by atoms with Crippen molar-refractivity contribution in [3.8, 4) is 5.75 Å². The van der Waals surface area contributed by atoms with Gasteiger partial charge in [-0.15, -0.1) is 0 Å². The van der Waals surface area contributed by atoms with Gasteiger partial charge in [0, 0.05) is 32.4 Å². The van der Waals surface area contributed by atoms with E-state index in [0.29, 0.717) is 13.1 Å². The van der Waals surface area contributed by atoms with E-state index in [2.05, 4.69) is 0 Å². The van der Waals surface area contributed by atoms with Crippen molar-refractivity contribution in [3.63, 3.8) is 0 Å².